The maximum absolute atomic E-state index is 5.82. The Morgan fingerprint density at radius 2 is 1.53 bits per heavy atom. The molecule has 0 spiro atoms. The highest BCUT2D eigenvalue weighted by molar-refractivity contribution is 6.29. The van der Waals surface area contributed by atoms with Gasteiger partial charge in [-0.2, -0.15) is 0 Å². The first kappa shape index (κ1) is 10.4. The van der Waals surface area contributed by atoms with Crippen molar-refractivity contribution in [2.45, 2.75) is 13.8 Å². The SMILES string of the molecule is Cc1cc2c(cc1C)Nc1nnc(Cl)cc1N2. The fourth-order valence-corrected chi connectivity index (χ4v) is 2.00. The lowest BCUT2D eigenvalue weighted by atomic mass is 10.1. The summed E-state index contributed by atoms with van der Waals surface area (Å²) in [5.41, 5.74) is 5.38. The molecule has 4 nitrogen and oxygen atoms in total. The van der Waals surface area contributed by atoms with E-state index in [4.69, 9.17) is 11.6 Å². The molecule has 0 bridgehead atoms. The summed E-state index contributed by atoms with van der Waals surface area (Å²) < 4.78 is 0. The first-order chi connectivity index (χ1) is 8.13. The summed E-state index contributed by atoms with van der Waals surface area (Å²) in [5, 5.41) is 14.8. The van der Waals surface area contributed by atoms with Gasteiger partial charge in [0.25, 0.3) is 0 Å². The molecule has 2 N–H and O–H groups in total. The minimum atomic E-state index is 0.380. The molecule has 1 aromatic carbocycles. The van der Waals surface area contributed by atoms with Crippen LogP contribution in [0.4, 0.5) is 22.9 Å². The number of aryl methyl sites for hydroxylation is 2. The van der Waals surface area contributed by atoms with Gasteiger partial charge in [0, 0.05) is 6.07 Å². The second-order valence-corrected chi connectivity index (χ2v) is 4.55. The summed E-state index contributed by atoms with van der Waals surface area (Å²) in [5.74, 6) is 0.699. The number of nitrogens with zero attached hydrogens (tertiary/aromatic N) is 2. The number of rotatable bonds is 0. The van der Waals surface area contributed by atoms with Crippen LogP contribution in [-0.4, -0.2) is 10.2 Å². The highest BCUT2D eigenvalue weighted by Crippen LogP contribution is 2.38. The molecule has 0 saturated carbocycles. The molecule has 0 radical (unpaired) electrons. The van der Waals surface area contributed by atoms with Gasteiger partial charge < -0.3 is 10.6 Å². The fraction of sp³-hybridized carbons (Fsp3) is 0.167. The first-order valence-corrected chi connectivity index (χ1v) is 5.70. The van der Waals surface area contributed by atoms with E-state index >= 15 is 0 Å². The molecule has 1 aromatic heterocycles. The van der Waals surface area contributed by atoms with Gasteiger partial charge in [-0.25, -0.2) is 0 Å². The maximum atomic E-state index is 5.82. The molecule has 0 aliphatic carbocycles. The van der Waals surface area contributed by atoms with Crippen molar-refractivity contribution in [3.63, 3.8) is 0 Å². The van der Waals surface area contributed by atoms with Crippen LogP contribution in [0.1, 0.15) is 11.1 Å². The molecule has 0 amide bonds. The Labute approximate surface area is 104 Å². The molecule has 1 aliphatic heterocycles. The number of anilines is 4. The van der Waals surface area contributed by atoms with E-state index < -0.39 is 0 Å². The second kappa shape index (κ2) is 3.60. The lowest BCUT2D eigenvalue weighted by molar-refractivity contribution is 1.03. The van der Waals surface area contributed by atoms with E-state index in [1.54, 1.807) is 6.07 Å². The third-order valence-electron chi connectivity index (χ3n) is 2.92. The minimum Gasteiger partial charge on any atom is -0.351 e. The molecular weight excluding hydrogens is 236 g/mol. The van der Waals surface area contributed by atoms with Crippen molar-refractivity contribution in [3.8, 4) is 0 Å². The highest BCUT2D eigenvalue weighted by Gasteiger charge is 2.17. The highest BCUT2D eigenvalue weighted by atomic mass is 35.5. The summed E-state index contributed by atoms with van der Waals surface area (Å²) >= 11 is 5.82. The van der Waals surface area contributed by atoms with Crippen molar-refractivity contribution < 1.29 is 0 Å². The standard InChI is InChI=1S/C12H11ClN4/c1-6-3-8-9(4-7(6)2)15-12-10(14-8)5-11(13)16-17-12/h3-5,14H,1-2H3,(H,15,17). The van der Waals surface area contributed by atoms with Crippen molar-refractivity contribution in [1.29, 1.82) is 0 Å². The fourth-order valence-electron chi connectivity index (χ4n) is 1.85. The molecule has 3 rings (SSSR count). The van der Waals surface area contributed by atoms with E-state index in [0.717, 1.165) is 17.1 Å². The predicted octanol–water partition coefficient (Wildman–Crippen LogP) is 3.55. The van der Waals surface area contributed by atoms with Crippen molar-refractivity contribution in [2.24, 2.45) is 0 Å². The maximum Gasteiger partial charge on any atom is 0.177 e. The number of aromatic nitrogens is 2. The van der Waals surface area contributed by atoms with E-state index in [2.05, 4.69) is 46.8 Å². The lowest BCUT2D eigenvalue weighted by Crippen LogP contribution is -2.09. The molecule has 0 unspecified atom stereocenters. The zero-order chi connectivity index (χ0) is 12.0. The number of halogens is 1. The number of hydrogen-bond acceptors (Lipinski definition) is 4. The van der Waals surface area contributed by atoms with Crippen molar-refractivity contribution in [3.05, 3.63) is 34.5 Å². The Bertz CT molecular complexity index is 610. The largest absolute Gasteiger partial charge is 0.351 e. The van der Waals surface area contributed by atoms with Crippen molar-refractivity contribution in [1.82, 2.24) is 10.2 Å². The van der Waals surface area contributed by atoms with E-state index in [-0.39, 0.29) is 0 Å². The van der Waals surface area contributed by atoms with E-state index in [1.807, 2.05) is 0 Å². The molecule has 1 aliphatic rings. The van der Waals surface area contributed by atoms with Gasteiger partial charge >= 0.3 is 0 Å². The topological polar surface area (TPSA) is 49.8 Å². The quantitative estimate of drug-likeness (QED) is 0.637. The molecule has 2 heterocycles. The van der Waals surface area contributed by atoms with Crippen molar-refractivity contribution >= 4 is 34.5 Å². The average molecular weight is 247 g/mol. The number of fused-ring (bicyclic) bond motifs is 2. The Balaban J connectivity index is 2.11. The normalized spacial score (nSPS) is 12.2. The van der Waals surface area contributed by atoms with Crippen LogP contribution < -0.4 is 10.6 Å². The summed E-state index contributed by atoms with van der Waals surface area (Å²) in [4.78, 5) is 0. The van der Waals surface area contributed by atoms with Crippen LogP contribution in [-0.2, 0) is 0 Å². The van der Waals surface area contributed by atoms with Gasteiger partial charge in [0.1, 0.15) is 0 Å². The summed E-state index contributed by atoms with van der Waals surface area (Å²) in [6.45, 7) is 4.17. The van der Waals surface area contributed by atoms with E-state index in [1.165, 1.54) is 11.1 Å². The average Bonchev–Trinajstić information content (AvgIpc) is 2.28. The zero-order valence-corrected chi connectivity index (χ0v) is 10.3. The monoisotopic (exact) mass is 246 g/mol. The third-order valence-corrected chi connectivity index (χ3v) is 3.11. The van der Waals surface area contributed by atoms with Crippen molar-refractivity contribution in [2.75, 3.05) is 10.6 Å². The summed E-state index contributed by atoms with van der Waals surface area (Å²) in [6.07, 6.45) is 0. The second-order valence-electron chi connectivity index (χ2n) is 4.16. The molecule has 0 saturated heterocycles. The van der Waals surface area contributed by atoms with Crippen LogP contribution in [0.15, 0.2) is 18.2 Å². The summed E-state index contributed by atoms with van der Waals surface area (Å²) in [7, 11) is 0. The zero-order valence-electron chi connectivity index (χ0n) is 9.50. The van der Waals surface area contributed by atoms with Gasteiger partial charge in [0.05, 0.1) is 17.1 Å². The molecule has 0 fully saturated rings. The van der Waals surface area contributed by atoms with Gasteiger partial charge in [-0.15, -0.1) is 10.2 Å². The predicted molar refractivity (Wildman–Crippen MR) is 69.5 cm³/mol. The van der Waals surface area contributed by atoms with Gasteiger partial charge in [-0.3, -0.25) is 0 Å². The molecule has 2 aromatic rings. The van der Waals surface area contributed by atoms with Gasteiger partial charge in [0.15, 0.2) is 11.0 Å². The Hall–Kier alpha value is -1.81. The van der Waals surface area contributed by atoms with Gasteiger partial charge in [-0.1, -0.05) is 11.6 Å². The molecular formula is C12H11ClN4. The van der Waals surface area contributed by atoms with Crippen LogP contribution in [0.5, 0.6) is 0 Å². The van der Waals surface area contributed by atoms with Gasteiger partial charge in [-0.05, 0) is 37.1 Å². The number of benzene rings is 1. The van der Waals surface area contributed by atoms with E-state index in [9.17, 15) is 0 Å². The first-order valence-electron chi connectivity index (χ1n) is 5.32. The van der Waals surface area contributed by atoms with E-state index in [0.29, 0.717) is 11.0 Å². The Morgan fingerprint density at radius 1 is 0.882 bits per heavy atom. The molecule has 17 heavy (non-hydrogen) atoms. The van der Waals surface area contributed by atoms with Crippen LogP contribution >= 0.6 is 11.6 Å². The number of nitrogens with one attached hydrogen (secondary N) is 2. The third kappa shape index (κ3) is 1.70. The smallest absolute Gasteiger partial charge is 0.177 e. The molecule has 0 atom stereocenters. The summed E-state index contributed by atoms with van der Waals surface area (Å²) in [6, 6.07) is 5.96. The van der Waals surface area contributed by atoms with Crippen LogP contribution in [0, 0.1) is 13.8 Å². The minimum absolute atomic E-state index is 0.380. The number of hydrogen-bond donors (Lipinski definition) is 2. The molecule has 5 heteroatoms. The Kier molecular flexibility index (Phi) is 2.19. The lowest BCUT2D eigenvalue weighted by Gasteiger charge is -2.22. The van der Waals surface area contributed by atoms with Gasteiger partial charge in [0.2, 0.25) is 0 Å². The molecule has 86 valence electrons. The van der Waals surface area contributed by atoms with Crippen LogP contribution in [0.25, 0.3) is 0 Å². The Morgan fingerprint density at radius 3 is 2.24 bits per heavy atom. The van der Waals surface area contributed by atoms with Crippen LogP contribution in [0.3, 0.4) is 0 Å². The van der Waals surface area contributed by atoms with Crippen LogP contribution in [0.2, 0.25) is 5.15 Å².